The maximum Gasteiger partial charge on any atom is 0.274 e. The van der Waals surface area contributed by atoms with Crippen LogP contribution in [0.2, 0.25) is 0 Å². The van der Waals surface area contributed by atoms with Crippen LogP contribution in [0.4, 0.5) is 0 Å². The van der Waals surface area contributed by atoms with Crippen LogP contribution < -0.4 is 10.3 Å². The molecule has 1 N–H and O–H groups in total. The van der Waals surface area contributed by atoms with Crippen molar-refractivity contribution in [2.45, 2.75) is 12.8 Å². The molecule has 2 heterocycles. The molecule has 0 atom stereocenters. The number of hydrogen-bond donors (Lipinski definition) is 1. The molecule has 8 nitrogen and oxygen atoms in total. The number of amides is 2. The van der Waals surface area contributed by atoms with Crippen LogP contribution in [-0.2, 0) is 4.79 Å². The number of para-hydroxylation sites is 1. The number of hydrogen-bond acceptors (Lipinski definition) is 5. The van der Waals surface area contributed by atoms with E-state index in [-0.39, 0.29) is 23.1 Å². The van der Waals surface area contributed by atoms with Gasteiger partial charge in [0.15, 0.2) is 0 Å². The summed E-state index contributed by atoms with van der Waals surface area (Å²) in [5, 5.41) is 6.05. The molecule has 0 spiro atoms. The Morgan fingerprint density at radius 1 is 1.00 bits per heavy atom. The van der Waals surface area contributed by atoms with Crippen LogP contribution in [0.25, 0.3) is 0 Å². The molecule has 0 aliphatic carbocycles. The summed E-state index contributed by atoms with van der Waals surface area (Å²) in [7, 11) is 0. The van der Waals surface area contributed by atoms with Gasteiger partial charge in [-0.1, -0.05) is 18.2 Å². The highest BCUT2D eigenvalue weighted by molar-refractivity contribution is 5.92. The fourth-order valence-corrected chi connectivity index (χ4v) is 2.93. The van der Waals surface area contributed by atoms with E-state index in [1.807, 2.05) is 30.3 Å². The summed E-state index contributed by atoms with van der Waals surface area (Å²) in [5.41, 5.74) is -0.150. The summed E-state index contributed by atoms with van der Waals surface area (Å²) in [6, 6.07) is 12.1. The number of aromatic nitrogens is 2. The van der Waals surface area contributed by atoms with Gasteiger partial charge in [-0.25, -0.2) is 5.10 Å². The van der Waals surface area contributed by atoms with Crippen LogP contribution in [0.15, 0.2) is 47.3 Å². The molecule has 2 aromatic rings. The van der Waals surface area contributed by atoms with Crippen LogP contribution in [0.5, 0.6) is 5.75 Å². The molecule has 1 aliphatic heterocycles. The first kappa shape index (κ1) is 18.6. The summed E-state index contributed by atoms with van der Waals surface area (Å²) in [6.07, 6.45) is 0.991. The molecule has 0 radical (unpaired) electrons. The zero-order chi connectivity index (χ0) is 19.1. The maximum atomic E-state index is 12.5. The Hall–Kier alpha value is -3.16. The topological polar surface area (TPSA) is 95.6 Å². The van der Waals surface area contributed by atoms with Gasteiger partial charge in [-0.3, -0.25) is 14.4 Å². The zero-order valence-corrected chi connectivity index (χ0v) is 15.0. The number of nitrogens with one attached hydrogen (secondary N) is 1. The van der Waals surface area contributed by atoms with E-state index in [4.69, 9.17) is 4.74 Å². The first-order valence-corrected chi connectivity index (χ1v) is 8.94. The van der Waals surface area contributed by atoms with Crippen molar-refractivity contribution in [2.24, 2.45) is 0 Å². The highest BCUT2D eigenvalue weighted by Gasteiger charge is 2.23. The average Bonchev–Trinajstić information content (AvgIpc) is 2.95. The molecule has 1 aromatic carbocycles. The van der Waals surface area contributed by atoms with Crippen LogP contribution in [0.3, 0.4) is 0 Å². The zero-order valence-electron chi connectivity index (χ0n) is 15.0. The predicted octanol–water partition coefficient (Wildman–Crippen LogP) is 0.913. The highest BCUT2D eigenvalue weighted by atomic mass is 16.5. The number of carbonyl (C=O) groups is 2. The Labute approximate surface area is 156 Å². The maximum absolute atomic E-state index is 12.5. The molecular weight excluding hydrogens is 348 g/mol. The second kappa shape index (κ2) is 8.98. The Morgan fingerprint density at radius 2 is 1.74 bits per heavy atom. The molecule has 1 fully saturated rings. The summed E-state index contributed by atoms with van der Waals surface area (Å²) in [5.74, 6) is 0.515. The quantitative estimate of drug-likeness (QED) is 0.844. The van der Waals surface area contributed by atoms with Crippen LogP contribution in [0, 0.1) is 0 Å². The number of rotatable bonds is 5. The number of nitrogens with zero attached hydrogens (tertiary/aromatic N) is 3. The summed E-state index contributed by atoms with van der Waals surface area (Å²) in [6.45, 7) is 2.38. The highest BCUT2D eigenvalue weighted by Crippen LogP contribution is 2.11. The molecule has 142 valence electrons. The minimum absolute atomic E-state index is 0.0161. The van der Waals surface area contributed by atoms with Crippen LogP contribution >= 0.6 is 0 Å². The van der Waals surface area contributed by atoms with Crippen molar-refractivity contribution in [3.63, 3.8) is 0 Å². The van der Waals surface area contributed by atoms with Crippen molar-refractivity contribution in [3.05, 3.63) is 58.5 Å². The molecule has 1 aliphatic rings. The minimum Gasteiger partial charge on any atom is -0.493 e. The molecule has 0 unspecified atom stereocenters. The van der Waals surface area contributed by atoms with Crippen molar-refractivity contribution in [1.29, 1.82) is 0 Å². The van der Waals surface area contributed by atoms with Gasteiger partial charge in [0.05, 0.1) is 13.0 Å². The van der Waals surface area contributed by atoms with Gasteiger partial charge in [0.25, 0.3) is 11.5 Å². The van der Waals surface area contributed by atoms with E-state index in [9.17, 15) is 14.4 Å². The lowest BCUT2D eigenvalue weighted by Crippen LogP contribution is -2.38. The molecule has 2 amide bonds. The second-order valence-electron chi connectivity index (χ2n) is 6.24. The molecule has 0 saturated carbocycles. The Bertz CT molecular complexity index is 817. The van der Waals surface area contributed by atoms with E-state index >= 15 is 0 Å². The van der Waals surface area contributed by atoms with Crippen molar-refractivity contribution in [2.75, 3.05) is 32.8 Å². The Balaban J connectivity index is 1.48. The second-order valence-corrected chi connectivity index (χ2v) is 6.24. The molecular formula is C19H22N4O4. The predicted molar refractivity (Wildman–Crippen MR) is 98.5 cm³/mol. The third-order valence-corrected chi connectivity index (χ3v) is 4.36. The van der Waals surface area contributed by atoms with E-state index < -0.39 is 0 Å². The lowest BCUT2D eigenvalue weighted by molar-refractivity contribution is -0.131. The minimum atomic E-state index is -0.350. The molecule has 0 bridgehead atoms. The van der Waals surface area contributed by atoms with Gasteiger partial charge < -0.3 is 14.5 Å². The fourth-order valence-electron chi connectivity index (χ4n) is 2.93. The molecule has 1 saturated heterocycles. The monoisotopic (exact) mass is 370 g/mol. The first-order valence-electron chi connectivity index (χ1n) is 8.94. The van der Waals surface area contributed by atoms with Gasteiger partial charge in [0, 0.05) is 32.2 Å². The number of H-pyrrole nitrogens is 1. The van der Waals surface area contributed by atoms with E-state index in [0.717, 1.165) is 5.75 Å². The SMILES string of the molecule is O=C(CCOc1ccccc1)N1CCCN(C(=O)c2ccc(=O)[nH]n2)CC1. The van der Waals surface area contributed by atoms with E-state index in [0.29, 0.717) is 45.6 Å². The molecule has 8 heteroatoms. The number of benzene rings is 1. The van der Waals surface area contributed by atoms with Crippen LogP contribution in [0.1, 0.15) is 23.3 Å². The smallest absolute Gasteiger partial charge is 0.274 e. The number of aromatic amines is 1. The average molecular weight is 370 g/mol. The third-order valence-electron chi connectivity index (χ3n) is 4.36. The van der Waals surface area contributed by atoms with Gasteiger partial charge in [-0.15, -0.1) is 0 Å². The molecule has 27 heavy (non-hydrogen) atoms. The lowest BCUT2D eigenvalue weighted by Gasteiger charge is -2.22. The summed E-state index contributed by atoms with van der Waals surface area (Å²) in [4.78, 5) is 39.4. The molecule has 1 aromatic heterocycles. The van der Waals surface area contributed by atoms with E-state index in [1.54, 1.807) is 9.80 Å². The van der Waals surface area contributed by atoms with Gasteiger partial charge in [0.2, 0.25) is 5.91 Å². The van der Waals surface area contributed by atoms with E-state index in [2.05, 4.69) is 10.2 Å². The fraction of sp³-hybridized carbons (Fsp3) is 0.368. The Morgan fingerprint density at radius 3 is 2.48 bits per heavy atom. The normalized spacial score (nSPS) is 14.5. The van der Waals surface area contributed by atoms with Crippen molar-refractivity contribution in [3.8, 4) is 5.75 Å². The first-order chi connectivity index (χ1) is 13.1. The summed E-state index contributed by atoms with van der Waals surface area (Å²) >= 11 is 0. The largest absolute Gasteiger partial charge is 0.493 e. The van der Waals surface area contributed by atoms with Gasteiger partial charge in [0.1, 0.15) is 11.4 Å². The van der Waals surface area contributed by atoms with Crippen molar-refractivity contribution in [1.82, 2.24) is 20.0 Å². The van der Waals surface area contributed by atoms with Gasteiger partial charge in [-0.2, -0.15) is 5.10 Å². The van der Waals surface area contributed by atoms with E-state index in [1.165, 1.54) is 12.1 Å². The van der Waals surface area contributed by atoms with Crippen molar-refractivity contribution < 1.29 is 14.3 Å². The number of ether oxygens (including phenoxy) is 1. The Kier molecular flexibility index (Phi) is 6.19. The molecule has 3 rings (SSSR count). The standard InChI is InChI=1S/C19H22N4O4/c24-17-8-7-16(20-21-17)19(26)23-11-4-10-22(12-13-23)18(25)9-14-27-15-5-2-1-3-6-15/h1-3,5-8H,4,9-14H2,(H,21,24). The van der Waals surface area contributed by atoms with Gasteiger partial charge in [-0.05, 0) is 24.6 Å². The lowest BCUT2D eigenvalue weighted by atomic mass is 10.3. The van der Waals surface area contributed by atoms with Gasteiger partial charge >= 0.3 is 0 Å². The third kappa shape index (κ3) is 5.16. The number of carbonyl (C=O) groups excluding carboxylic acids is 2. The van der Waals surface area contributed by atoms with Crippen LogP contribution in [-0.4, -0.2) is 64.6 Å². The summed E-state index contributed by atoms with van der Waals surface area (Å²) < 4.78 is 5.58. The van der Waals surface area contributed by atoms with Crippen molar-refractivity contribution >= 4 is 11.8 Å².